The molecule has 21 heavy (non-hydrogen) atoms. The maximum Gasteiger partial charge on any atom is 0.224 e. The highest BCUT2D eigenvalue weighted by Crippen LogP contribution is 2.34. The smallest absolute Gasteiger partial charge is 0.224 e. The number of rotatable bonds is 4. The number of hydrogen-bond donors (Lipinski definition) is 1. The highest BCUT2D eigenvalue weighted by Gasteiger charge is 2.37. The van der Waals surface area contributed by atoms with E-state index in [0.29, 0.717) is 12.3 Å². The summed E-state index contributed by atoms with van der Waals surface area (Å²) in [7, 11) is 1.67. The molecule has 3 rings (SSSR count). The fraction of sp³-hybridized carbons (Fsp3) is 0.588. The molecule has 2 fully saturated rings. The normalized spacial score (nSPS) is 23.7. The molecule has 0 radical (unpaired) electrons. The van der Waals surface area contributed by atoms with Crippen LogP contribution in [0.1, 0.15) is 43.6 Å². The molecule has 0 spiro atoms. The molecule has 1 aromatic rings. The van der Waals surface area contributed by atoms with Gasteiger partial charge < -0.3 is 15.4 Å². The molecule has 4 heteroatoms. The lowest BCUT2D eigenvalue weighted by Gasteiger charge is -2.38. The molecule has 0 aromatic heterocycles. The van der Waals surface area contributed by atoms with E-state index < -0.39 is 0 Å². The van der Waals surface area contributed by atoms with E-state index in [1.54, 1.807) is 7.11 Å². The lowest BCUT2D eigenvalue weighted by molar-refractivity contribution is -0.132. The number of likely N-dealkylation sites (tertiary alicyclic amines) is 1. The lowest BCUT2D eigenvalue weighted by Crippen LogP contribution is -2.50. The second kappa shape index (κ2) is 5.68. The summed E-state index contributed by atoms with van der Waals surface area (Å²) >= 11 is 0. The first-order valence-corrected chi connectivity index (χ1v) is 7.80. The SMILES string of the molecule is COc1ccc([C@@H]2CCN(C(=O)CC3(N)CCC3)C2)cc1. The quantitative estimate of drug-likeness (QED) is 0.925. The summed E-state index contributed by atoms with van der Waals surface area (Å²) in [5.74, 6) is 1.54. The Hall–Kier alpha value is -1.55. The van der Waals surface area contributed by atoms with Crippen LogP contribution in [0.25, 0.3) is 0 Å². The second-order valence-electron chi connectivity index (χ2n) is 6.49. The Labute approximate surface area is 126 Å². The summed E-state index contributed by atoms with van der Waals surface area (Å²) in [5, 5.41) is 0. The van der Waals surface area contributed by atoms with Crippen molar-refractivity contribution in [2.45, 2.75) is 43.6 Å². The van der Waals surface area contributed by atoms with Gasteiger partial charge in [0.2, 0.25) is 5.91 Å². The van der Waals surface area contributed by atoms with Crippen molar-refractivity contribution >= 4 is 5.91 Å². The average molecular weight is 288 g/mol. The predicted molar refractivity (Wildman–Crippen MR) is 82.3 cm³/mol. The van der Waals surface area contributed by atoms with Crippen LogP contribution >= 0.6 is 0 Å². The highest BCUT2D eigenvalue weighted by molar-refractivity contribution is 5.78. The first-order chi connectivity index (χ1) is 10.1. The molecule has 2 aliphatic rings. The van der Waals surface area contributed by atoms with Crippen LogP contribution in [0.5, 0.6) is 5.75 Å². The fourth-order valence-corrected chi connectivity index (χ4v) is 3.36. The third kappa shape index (κ3) is 3.05. The molecule has 1 amide bonds. The van der Waals surface area contributed by atoms with E-state index >= 15 is 0 Å². The zero-order chi connectivity index (χ0) is 14.9. The predicted octanol–water partition coefficient (Wildman–Crippen LogP) is 2.28. The zero-order valence-electron chi connectivity index (χ0n) is 12.7. The van der Waals surface area contributed by atoms with Crippen LogP contribution in [0.2, 0.25) is 0 Å². The highest BCUT2D eigenvalue weighted by atomic mass is 16.5. The van der Waals surface area contributed by atoms with Gasteiger partial charge in [0.1, 0.15) is 5.75 Å². The van der Waals surface area contributed by atoms with Gasteiger partial charge in [0.25, 0.3) is 0 Å². The van der Waals surface area contributed by atoms with Gasteiger partial charge in [-0.1, -0.05) is 12.1 Å². The molecule has 1 aromatic carbocycles. The minimum atomic E-state index is -0.213. The van der Waals surface area contributed by atoms with Gasteiger partial charge in [-0.05, 0) is 43.4 Å². The molecule has 1 aliphatic carbocycles. The van der Waals surface area contributed by atoms with Gasteiger partial charge in [-0.15, -0.1) is 0 Å². The first kappa shape index (κ1) is 14.4. The van der Waals surface area contributed by atoms with Crippen LogP contribution in [0.4, 0.5) is 0 Å². The Morgan fingerprint density at radius 1 is 1.38 bits per heavy atom. The van der Waals surface area contributed by atoms with Gasteiger partial charge in [-0.2, -0.15) is 0 Å². The Morgan fingerprint density at radius 3 is 2.67 bits per heavy atom. The summed E-state index contributed by atoms with van der Waals surface area (Å²) in [4.78, 5) is 14.3. The minimum absolute atomic E-state index is 0.213. The van der Waals surface area contributed by atoms with E-state index in [9.17, 15) is 4.79 Å². The van der Waals surface area contributed by atoms with Gasteiger partial charge in [-0.25, -0.2) is 0 Å². The van der Waals surface area contributed by atoms with E-state index in [-0.39, 0.29) is 11.4 Å². The maximum atomic E-state index is 12.4. The number of methoxy groups -OCH3 is 1. The van der Waals surface area contributed by atoms with Gasteiger partial charge in [0.05, 0.1) is 7.11 Å². The van der Waals surface area contributed by atoms with E-state index in [1.807, 2.05) is 17.0 Å². The van der Waals surface area contributed by atoms with E-state index in [0.717, 1.165) is 44.5 Å². The van der Waals surface area contributed by atoms with Crippen LogP contribution in [-0.4, -0.2) is 36.5 Å². The Bertz CT molecular complexity index is 508. The van der Waals surface area contributed by atoms with Crippen LogP contribution in [0, 0.1) is 0 Å². The van der Waals surface area contributed by atoms with E-state index in [4.69, 9.17) is 10.5 Å². The van der Waals surface area contributed by atoms with Crippen molar-refractivity contribution in [1.82, 2.24) is 4.90 Å². The van der Waals surface area contributed by atoms with Crippen molar-refractivity contribution in [2.75, 3.05) is 20.2 Å². The van der Waals surface area contributed by atoms with Crippen molar-refractivity contribution in [1.29, 1.82) is 0 Å². The maximum absolute atomic E-state index is 12.4. The summed E-state index contributed by atoms with van der Waals surface area (Å²) in [6.45, 7) is 1.67. The fourth-order valence-electron chi connectivity index (χ4n) is 3.36. The number of benzene rings is 1. The topological polar surface area (TPSA) is 55.6 Å². The zero-order valence-corrected chi connectivity index (χ0v) is 12.7. The molecule has 1 atom stereocenters. The molecule has 114 valence electrons. The van der Waals surface area contributed by atoms with Crippen molar-refractivity contribution in [3.05, 3.63) is 29.8 Å². The number of carbonyl (C=O) groups is 1. The van der Waals surface area contributed by atoms with Gasteiger partial charge in [-0.3, -0.25) is 4.79 Å². The number of nitrogens with zero attached hydrogens (tertiary/aromatic N) is 1. The molecular formula is C17H24N2O2. The molecule has 2 N–H and O–H groups in total. The average Bonchev–Trinajstić information content (AvgIpc) is 2.95. The standard InChI is InChI=1S/C17H24N2O2/c1-21-15-5-3-13(4-6-15)14-7-10-19(12-14)16(20)11-17(18)8-2-9-17/h3-6,14H,2,7-12,18H2,1H3/t14-/m1/s1. The first-order valence-electron chi connectivity index (χ1n) is 7.80. The Kier molecular flexibility index (Phi) is 3.89. The number of nitrogens with two attached hydrogens (primary N) is 1. The second-order valence-corrected chi connectivity index (χ2v) is 6.49. The van der Waals surface area contributed by atoms with Crippen molar-refractivity contribution in [3.63, 3.8) is 0 Å². The number of hydrogen-bond acceptors (Lipinski definition) is 3. The van der Waals surface area contributed by atoms with Crippen molar-refractivity contribution in [3.8, 4) is 5.75 Å². The molecular weight excluding hydrogens is 264 g/mol. The van der Waals surface area contributed by atoms with Crippen LogP contribution in [-0.2, 0) is 4.79 Å². The number of amides is 1. The van der Waals surface area contributed by atoms with Crippen LogP contribution < -0.4 is 10.5 Å². The Balaban J connectivity index is 1.58. The van der Waals surface area contributed by atoms with Crippen molar-refractivity contribution < 1.29 is 9.53 Å². The third-order valence-electron chi connectivity index (χ3n) is 4.98. The summed E-state index contributed by atoms with van der Waals surface area (Å²) in [5.41, 5.74) is 7.26. The van der Waals surface area contributed by atoms with Crippen LogP contribution in [0.15, 0.2) is 24.3 Å². The molecule has 0 bridgehead atoms. The number of carbonyl (C=O) groups excluding carboxylic acids is 1. The summed E-state index contributed by atoms with van der Waals surface area (Å²) in [6, 6.07) is 8.19. The summed E-state index contributed by atoms with van der Waals surface area (Å²) < 4.78 is 5.19. The molecule has 1 saturated heterocycles. The van der Waals surface area contributed by atoms with Gasteiger partial charge in [0.15, 0.2) is 0 Å². The lowest BCUT2D eigenvalue weighted by atomic mass is 9.75. The van der Waals surface area contributed by atoms with E-state index in [2.05, 4.69) is 12.1 Å². The minimum Gasteiger partial charge on any atom is -0.497 e. The van der Waals surface area contributed by atoms with Gasteiger partial charge >= 0.3 is 0 Å². The Morgan fingerprint density at radius 2 is 2.10 bits per heavy atom. The molecule has 1 saturated carbocycles. The monoisotopic (exact) mass is 288 g/mol. The molecule has 4 nitrogen and oxygen atoms in total. The van der Waals surface area contributed by atoms with Crippen LogP contribution in [0.3, 0.4) is 0 Å². The molecule has 0 unspecified atom stereocenters. The molecule has 1 heterocycles. The summed E-state index contributed by atoms with van der Waals surface area (Å²) in [6.07, 6.45) is 4.71. The number of ether oxygens (including phenoxy) is 1. The van der Waals surface area contributed by atoms with Crippen molar-refractivity contribution in [2.24, 2.45) is 5.73 Å². The van der Waals surface area contributed by atoms with Gasteiger partial charge in [0, 0.05) is 31.0 Å². The van der Waals surface area contributed by atoms with E-state index in [1.165, 1.54) is 5.56 Å². The third-order valence-corrected chi connectivity index (χ3v) is 4.98. The molecule has 1 aliphatic heterocycles. The largest absolute Gasteiger partial charge is 0.497 e.